The van der Waals surface area contributed by atoms with Gasteiger partial charge in [0, 0.05) is 12.1 Å². The molecule has 0 aliphatic heterocycles. The number of benzene rings is 3. The number of nitrogens with one attached hydrogen (secondary N) is 1. The summed E-state index contributed by atoms with van der Waals surface area (Å²) in [6.45, 7) is 9.74. The van der Waals surface area contributed by atoms with Gasteiger partial charge in [0.1, 0.15) is 6.61 Å². The maximum absolute atomic E-state index is 12.5. The standard InChI is InChI=1S/C31H35N5O3S/c1-6-36-29(24-13-15-25(16-14-24)31(2,3)4)34-35-30(36)40-21-28(37)33-32-19-23-12-17-26(27(18-23)38-5)39-20-22-10-8-7-9-11-22/h7-19H,6,20-21H2,1-5H3,(H,33,37)/b32-19-. The predicted octanol–water partition coefficient (Wildman–Crippen LogP) is 6.09. The molecule has 0 saturated carbocycles. The van der Waals surface area contributed by atoms with Crippen LogP contribution in [-0.2, 0) is 23.4 Å². The van der Waals surface area contributed by atoms with Crippen LogP contribution in [0.3, 0.4) is 0 Å². The molecular weight excluding hydrogens is 522 g/mol. The van der Waals surface area contributed by atoms with Crippen LogP contribution in [0.4, 0.5) is 0 Å². The lowest BCUT2D eigenvalue weighted by atomic mass is 9.87. The van der Waals surface area contributed by atoms with Crippen LogP contribution >= 0.6 is 11.8 Å². The van der Waals surface area contributed by atoms with Crippen LogP contribution in [0, 0.1) is 0 Å². The number of thioether (sulfide) groups is 1. The minimum atomic E-state index is -0.238. The molecule has 3 aromatic carbocycles. The average molecular weight is 558 g/mol. The van der Waals surface area contributed by atoms with E-state index in [0.717, 1.165) is 22.5 Å². The van der Waals surface area contributed by atoms with Gasteiger partial charge in [0.05, 0.1) is 19.1 Å². The van der Waals surface area contributed by atoms with Crippen molar-refractivity contribution in [2.24, 2.45) is 5.10 Å². The van der Waals surface area contributed by atoms with Gasteiger partial charge in [0.2, 0.25) is 0 Å². The van der Waals surface area contributed by atoms with E-state index in [1.54, 1.807) is 13.3 Å². The Kier molecular flexibility index (Phi) is 9.60. The van der Waals surface area contributed by atoms with Gasteiger partial charge >= 0.3 is 0 Å². The number of methoxy groups -OCH3 is 1. The highest BCUT2D eigenvalue weighted by molar-refractivity contribution is 7.99. The lowest BCUT2D eigenvalue weighted by molar-refractivity contribution is -0.118. The molecule has 0 aliphatic rings. The number of amides is 1. The SMILES string of the molecule is CCn1c(SCC(=O)N/N=C\c2ccc(OCc3ccccc3)c(OC)c2)nnc1-c1ccc(C(C)(C)C)cc1. The summed E-state index contributed by atoms with van der Waals surface area (Å²) in [5.41, 5.74) is 6.75. The average Bonchev–Trinajstić information content (AvgIpc) is 3.38. The van der Waals surface area contributed by atoms with Crippen LogP contribution in [0.15, 0.2) is 83.1 Å². The van der Waals surface area contributed by atoms with Crippen LogP contribution in [-0.4, -0.2) is 39.7 Å². The van der Waals surface area contributed by atoms with Crippen molar-refractivity contribution in [2.75, 3.05) is 12.9 Å². The van der Waals surface area contributed by atoms with Crippen molar-refractivity contribution < 1.29 is 14.3 Å². The fourth-order valence-electron chi connectivity index (χ4n) is 3.97. The van der Waals surface area contributed by atoms with Crippen LogP contribution < -0.4 is 14.9 Å². The Balaban J connectivity index is 1.31. The molecule has 0 unspecified atom stereocenters. The predicted molar refractivity (Wildman–Crippen MR) is 160 cm³/mol. The molecule has 0 atom stereocenters. The highest BCUT2D eigenvalue weighted by Crippen LogP contribution is 2.29. The first-order valence-electron chi connectivity index (χ1n) is 13.1. The Morgan fingerprint density at radius 3 is 2.45 bits per heavy atom. The minimum Gasteiger partial charge on any atom is -0.493 e. The smallest absolute Gasteiger partial charge is 0.250 e. The molecule has 9 heteroatoms. The Labute approximate surface area is 239 Å². The fourth-order valence-corrected chi connectivity index (χ4v) is 4.77. The molecule has 0 aliphatic carbocycles. The largest absolute Gasteiger partial charge is 0.493 e. The summed E-state index contributed by atoms with van der Waals surface area (Å²) in [6.07, 6.45) is 1.57. The van der Waals surface area contributed by atoms with E-state index >= 15 is 0 Å². The first kappa shape index (κ1) is 28.9. The zero-order chi connectivity index (χ0) is 28.5. The third-order valence-corrected chi connectivity index (χ3v) is 7.17. The second-order valence-electron chi connectivity index (χ2n) is 10.1. The van der Waals surface area contributed by atoms with Gasteiger partial charge in [-0.05, 0) is 47.2 Å². The van der Waals surface area contributed by atoms with Crippen molar-refractivity contribution >= 4 is 23.9 Å². The van der Waals surface area contributed by atoms with Crippen molar-refractivity contribution in [1.29, 1.82) is 0 Å². The molecule has 4 rings (SSSR count). The van der Waals surface area contributed by atoms with Gasteiger partial charge in [0.25, 0.3) is 5.91 Å². The summed E-state index contributed by atoms with van der Waals surface area (Å²) in [5.74, 6) is 1.93. The number of rotatable bonds is 11. The highest BCUT2D eigenvalue weighted by Gasteiger charge is 2.17. The van der Waals surface area contributed by atoms with Gasteiger partial charge in [-0.2, -0.15) is 5.10 Å². The summed E-state index contributed by atoms with van der Waals surface area (Å²) in [6, 6.07) is 23.8. The second kappa shape index (κ2) is 13.3. The zero-order valence-electron chi connectivity index (χ0n) is 23.5. The van der Waals surface area contributed by atoms with Gasteiger partial charge in [-0.1, -0.05) is 87.1 Å². The number of hydrogen-bond donors (Lipinski definition) is 1. The zero-order valence-corrected chi connectivity index (χ0v) is 24.4. The van der Waals surface area contributed by atoms with Crippen molar-refractivity contribution in [2.45, 2.75) is 51.4 Å². The van der Waals surface area contributed by atoms with E-state index in [4.69, 9.17) is 9.47 Å². The molecule has 0 spiro atoms. The number of aromatic nitrogens is 3. The van der Waals surface area contributed by atoms with Crippen molar-refractivity contribution in [3.05, 3.63) is 89.5 Å². The van der Waals surface area contributed by atoms with E-state index < -0.39 is 0 Å². The van der Waals surface area contributed by atoms with Crippen LogP contribution in [0.5, 0.6) is 11.5 Å². The molecule has 1 amide bonds. The normalized spacial score (nSPS) is 11.5. The molecule has 40 heavy (non-hydrogen) atoms. The molecule has 0 saturated heterocycles. The van der Waals surface area contributed by atoms with Gasteiger partial charge in [-0.15, -0.1) is 10.2 Å². The van der Waals surface area contributed by atoms with E-state index in [0.29, 0.717) is 29.8 Å². The van der Waals surface area contributed by atoms with Crippen molar-refractivity contribution in [1.82, 2.24) is 20.2 Å². The molecule has 1 N–H and O–H groups in total. The lowest BCUT2D eigenvalue weighted by Crippen LogP contribution is -2.20. The number of carbonyl (C=O) groups is 1. The number of nitrogens with zero attached hydrogens (tertiary/aromatic N) is 4. The lowest BCUT2D eigenvalue weighted by Gasteiger charge is -2.19. The molecule has 4 aromatic rings. The second-order valence-corrected chi connectivity index (χ2v) is 11.1. The number of hydrazone groups is 1. The summed E-state index contributed by atoms with van der Waals surface area (Å²) in [5, 5.41) is 13.5. The third kappa shape index (κ3) is 7.51. The molecule has 0 fully saturated rings. The van der Waals surface area contributed by atoms with E-state index in [-0.39, 0.29) is 17.1 Å². The van der Waals surface area contributed by atoms with Crippen LogP contribution in [0.1, 0.15) is 44.4 Å². The van der Waals surface area contributed by atoms with E-state index in [1.807, 2.05) is 60.0 Å². The maximum atomic E-state index is 12.5. The minimum absolute atomic E-state index is 0.0836. The van der Waals surface area contributed by atoms with Gasteiger partial charge in [0.15, 0.2) is 22.5 Å². The van der Waals surface area contributed by atoms with Gasteiger partial charge in [-0.25, -0.2) is 5.43 Å². The summed E-state index contributed by atoms with van der Waals surface area (Å²) in [4.78, 5) is 12.5. The topological polar surface area (TPSA) is 90.6 Å². The molecule has 0 radical (unpaired) electrons. The number of carbonyl (C=O) groups excluding carboxylic acids is 1. The van der Waals surface area contributed by atoms with E-state index in [1.165, 1.54) is 17.3 Å². The monoisotopic (exact) mass is 557 g/mol. The summed E-state index contributed by atoms with van der Waals surface area (Å²) >= 11 is 1.33. The first-order chi connectivity index (χ1) is 19.3. The summed E-state index contributed by atoms with van der Waals surface area (Å²) < 4.78 is 13.4. The Hall–Kier alpha value is -4.11. The molecule has 1 heterocycles. The molecular formula is C31H35N5O3S. The van der Waals surface area contributed by atoms with Crippen LogP contribution in [0.2, 0.25) is 0 Å². The highest BCUT2D eigenvalue weighted by atomic mass is 32.2. The molecule has 8 nitrogen and oxygen atoms in total. The first-order valence-corrected chi connectivity index (χ1v) is 14.1. The van der Waals surface area contributed by atoms with Crippen LogP contribution in [0.25, 0.3) is 11.4 Å². The quantitative estimate of drug-likeness (QED) is 0.136. The number of hydrogen-bond acceptors (Lipinski definition) is 7. The molecule has 0 bridgehead atoms. The Bertz CT molecular complexity index is 1440. The third-order valence-electron chi connectivity index (χ3n) is 6.20. The van der Waals surface area contributed by atoms with Crippen molar-refractivity contribution in [3.63, 3.8) is 0 Å². The summed E-state index contributed by atoms with van der Waals surface area (Å²) in [7, 11) is 1.59. The maximum Gasteiger partial charge on any atom is 0.250 e. The van der Waals surface area contributed by atoms with Gasteiger partial charge in [-0.3, -0.25) is 4.79 Å². The molecule has 1 aromatic heterocycles. The Morgan fingerprint density at radius 2 is 1.77 bits per heavy atom. The van der Waals surface area contributed by atoms with E-state index in [9.17, 15) is 4.79 Å². The Morgan fingerprint density at radius 1 is 1.02 bits per heavy atom. The van der Waals surface area contributed by atoms with E-state index in [2.05, 4.69) is 65.8 Å². The van der Waals surface area contributed by atoms with Gasteiger partial charge < -0.3 is 14.0 Å². The molecule has 208 valence electrons. The van der Waals surface area contributed by atoms with Crippen molar-refractivity contribution in [3.8, 4) is 22.9 Å². The number of ether oxygens (including phenoxy) is 2. The fraction of sp³-hybridized carbons (Fsp3) is 0.290.